The van der Waals surface area contributed by atoms with E-state index in [2.05, 4.69) is 19.2 Å². The van der Waals surface area contributed by atoms with E-state index in [1.807, 2.05) is 24.3 Å². The van der Waals surface area contributed by atoms with Gasteiger partial charge in [0.25, 0.3) is 0 Å². The fourth-order valence-corrected chi connectivity index (χ4v) is 1.51. The molecule has 0 unspecified atom stereocenters. The number of amides is 1. The molecule has 1 rings (SSSR count). The maximum absolute atomic E-state index is 11.2. The third-order valence-corrected chi connectivity index (χ3v) is 2.28. The van der Waals surface area contributed by atoms with Gasteiger partial charge < -0.3 is 5.32 Å². The number of rotatable bonds is 4. The Labute approximate surface area is 95.6 Å². The number of carbonyl (C=O) groups is 1. The Morgan fingerprint density at radius 1 is 1.40 bits per heavy atom. The average molecular weight is 226 g/mol. The Hall–Kier alpha value is -1.02. The summed E-state index contributed by atoms with van der Waals surface area (Å²) in [5.41, 5.74) is 2.03. The summed E-state index contributed by atoms with van der Waals surface area (Å²) in [6.07, 6.45) is 0.957. The molecule has 1 amide bonds. The van der Waals surface area contributed by atoms with Gasteiger partial charge in [0.1, 0.15) is 5.88 Å². The monoisotopic (exact) mass is 225 g/mol. The molecule has 0 aliphatic rings. The van der Waals surface area contributed by atoms with E-state index in [9.17, 15) is 4.79 Å². The number of benzene rings is 1. The van der Waals surface area contributed by atoms with E-state index in [4.69, 9.17) is 11.6 Å². The molecule has 0 aliphatic heterocycles. The second-order valence-corrected chi connectivity index (χ2v) is 4.20. The van der Waals surface area contributed by atoms with Gasteiger partial charge >= 0.3 is 0 Å². The predicted molar refractivity (Wildman–Crippen MR) is 64.3 cm³/mol. The Morgan fingerprint density at radius 3 is 2.67 bits per heavy atom. The second kappa shape index (κ2) is 5.76. The van der Waals surface area contributed by atoms with Crippen LogP contribution in [0.1, 0.15) is 19.4 Å². The van der Waals surface area contributed by atoms with Crippen molar-refractivity contribution in [2.45, 2.75) is 20.3 Å². The average Bonchev–Trinajstić information content (AvgIpc) is 2.20. The first-order valence-electron chi connectivity index (χ1n) is 5.07. The van der Waals surface area contributed by atoms with Crippen LogP contribution in [0.3, 0.4) is 0 Å². The summed E-state index contributed by atoms with van der Waals surface area (Å²) in [4.78, 5) is 11.2. The lowest BCUT2D eigenvalue weighted by atomic mass is 10.0. The van der Waals surface area contributed by atoms with Gasteiger partial charge in [-0.25, -0.2) is 0 Å². The number of hydrogen-bond donors (Lipinski definition) is 1. The zero-order valence-corrected chi connectivity index (χ0v) is 9.84. The van der Waals surface area contributed by atoms with Crippen LogP contribution in [0, 0.1) is 5.92 Å². The van der Waals surface area contributed by atoms with Crippen molar-refractivity contribution in [3.05, 3.63) is 29.8 Å². The molecule has 1 N–H and O–H groups in total. The maximum atomic E-state index is 11.2. The van der Waals surface area contributed by atoms with Gasteiger partial charge in [0.05, 0.1) is 0 Å². The Balaban J connectivity index is 2.81. The largest absolute Gasteiger partial charge is 0.325 e. The van der Waals surface area contributed by atoms with Crippen molar-refractivity contribution in [3.8, 4) is 0 Å². The predicted octanol–water partition coefficient (Wildman–Crippen LogP) is 3.06. The lowest BCUT2D eigenvalue weighted by molar-refractivity contribution is -0.113. The highest BCUT2D eigenvalue weighted by atomic mass is 35.5. The van der Waals surface area contributed by atoms with E-state index in [-0.39, 0.29) is 11.8 Å². The standard InChI is InChI=1S/C12H16ClNO/c1-9(2)7-10-5-3-4-6-11(10)14-12(15)8-13/h3-6,9H,7-8H2,1-2H3,(H,14,15). The number of alkyl halides is 1. The van der Waals surface area contributed by atoms with Crippen LogP contribution in [0.4, 0.5) is 5.69 Å². The highest BCUT2D eigenvalue weighted by molar-refractivity contribution is 6.29. The van der Waals surface area contributed by atoms with Gasteiger partial charge in [0.2, 0.25) is 5.91 Å². The molecule has 1 aromatic rings. The molecular formula is C12H16ClNO. The summed E-state index contributed by atoms with van der Waals surface area (Å²) in [7, 11) is 0. The van der Waals surface area contributed by atoms with Crippen molar-refractivity contribution >= 4 is 23.2 Å². The first-order chi connectivity index (χ1) is 7.13. The van der Waals surface area contributed by atoms with Crippen LogP contribution >= 0.6 is 11.6 Å². The molecule has 82 valence electrons. The van der Waals surface area contributed by atoms with Gasteiger partial charge in [0, 0.05) is 5.69 Å². The third kappa shape index (κ3) is 3.92. The fraction of sp³-hybridized carbons (Fsp3) is 0.417. The lowest BCUT2D eigenvalue weighted by Crippen LogP contribution is -2.14. The van der Waals surface area contributed by atoms with Gasteiger partial charge in [-0.1, -0.05) is 32.0 Å². The van der Waals surface area contributed by atoms with E-state index in [1.165, 1.54) is 0 Å². The molecule has 0 aliphatic carbocycles. The Kier molecular flexibility index (Phi) is 4.63. The molecular weight excluding hydrogens is 210 g/mol. The van der Waals surface area contributed by atoms with E-state index < -0.39 is 0 Å². The van der Waals surface area contributed by atoms with Crippen LogP contribution in [0.5, 0.6) is 0 Å². The second-order valence-electron chi connectivity index (χ2n) is 3.94. The summed E-state index contributed by atoms with van der Waals surface area (Å²) in [6.45, 7) is 4.31. The van der Waals surface area contributed by atoms with Crippen LogP contribution in [0.25, 0.3) is 0 Å². The number of halogens is 1. The molecule has 0 aromatic heterocycles. The lowest BCUT2D eigenvalue weighted by Gasteiger charge is -2.11. The smallest absolute Gasteiger partial charge is 0.239 e. The van der Waals surface area contributed by atoms with E-state index in [1.54, 1.807) is 0 Å². The van der Waals surface area contributed by atoms with E-state index in [0.717, 1.165) is 17.7 Å². The zero-order valence-electron chi connectivity index (χ0n) is 9.09. The molecule has 0 saturated carbocycles. The van der Waals surface area contributed by atoms with Crippen molar-refractivity contribution < 1.29 is 4.79 Å². The van der Waals surface area contributed by atoms with Crippen molar-refractivity contribution in [2.24, 2.45) is 5.92 Å². The molecule has 3 heteroatoms. The third-order valence-electron chi connectivity index (χ3n) is 2.04. The number of para-hydroxylation sites is 1. The summed E-state index contributed by atoms with van der Waals surface area (Å²) in [6, 6.07) is 7.83. The number of anilines is 1. The molecule has 1 aromatic carbocycles. The molecule has 15 heavy (non-hydrogen) atoms. The van der Waals surface area contributed by atoms with Gasteiger partial charge in [-0.15, -0.1) is 11.6 Å². The Bertz CT molecular complexity index is 336. The SMILES string of the molecule is CC(C)Cc1ccccc1NC(=O)CCl. The van der Waals surface area contributed by atoms with Crippen molar-refractivity contribution in [1.82, 2.24) is 0 Å². The zero-order chi connectivity index (χ0) is 11.3. The van der Waals surface area contributed by atoms with Crippen LogP contribution in [0.15, 0.2) is 24.3 Å². The summed E-state index contributed by atoms with van der Waals surface area (Å²) < 4.78 is 0. The molecule has 0 heterocycles. The highest BCUT2D eigenvalue weighted by Crippen LogP contribution is 2.18. The van der Waals surface area contributed by atoms with Crippen molar-refractivity contribution in [1.29, 1.82) is 0 Å². The molecule has 0 fully saturated rings. The quantitative estimate of drug-likeness (QED) is 0.784. The first-order valence-corrected chi connectivity index (χ1v) is 5.60. The minimum Gasteiger partial charge on any atom is -0.325 e. The van der Waals surface area contributed by atoms with Gasteiger partial charge in [-0.2, -0.15) is 0 Å². The molecule has 0 atom stereocenters. The van der Waals surface area contributed by atoms with Gasteiger partial charge in [-0.3, -0.25) is 4.79 Å². The summed E-state index contributed by atoms with van der Waals surface area (Å²) >= 11 is 5.45. The fourth-order valence-electron chi connectivity index (χ4n) is 1.44. The molecule has 0 radical (unpaired) electrons. The highest BCUT2D eigenvalue weighted by Gasteiger charge is 2.06. The van der Waals surface area contributed by atoms with E-state index >= 15 is 0 Å². The molecule has 0 bridgehead atoms. The van der Waals surface area contributed by atoms with Crippen LogP contribution < -0.4 is 5.32 Å². The maximum Gasteiger partial charge on any atom is 0.239 e. The number of nitrogens with one attached hydrogen (secondary N) is 1. The number of carbonyl (C=O) groups excluding carboxylic acids is 1. The minimum absolute atomic E-state index is 0.00396. The van der Waals surface area contributed by atoms with E-state index in [0.29, 0.717) is 5.92 Å². The molecule has 0 spiro atoms. The summed E-state index contributed by atoms with van der Waals surface area (Å²) in [5.74, 6) is 0.405. The Morgan fingerprint density at radius 2 is 2.07 bits per heavy atom. The number of hydrogen-bond acceptors (Lipinski definition) is 1. The normalized spacial score (nSPS) is 10.4. The van der Waals surface area contributed by atoms with Crippen LogP contribution in [-0.2, 0) is 11.2 Å². The van der Waals surface area contributed by atoms with Gasteiger partial charge in [0.15, 0.2) is 0 Å². The topological polar surface area (TPSA) is 29.1 Å². The van der Waals surface area contributed by atoms with Crippen molar-refractivity contribution in [3.63, 3.8) is 0 Å². The molecule has 0 saturated heterocycles. The first kappa shape index (κ1) is 12.1. The summed E-state index contributed by atoms with van der Waals surface area (Å²) in [5, 5.41) is 2.79. The molecule has 2 nitrogen and oxygen atoms in total. The minimum atomic E-state index is -0.159. The van der Waals surface area contributed by atoms with Crippen LogP contribution in [-0.4, -0.2) is 11.8 Å². The van der Waals surface area contributed by atoms with Crippen molar-refractivity contribution in [2.75, 3.05) is 11.2 Å². The van der Waals surface area contributed by atoms with Crippen LogP contribution in [0.2, 0.25) is 0 Å². The van der Waals surface area contributed by atoms with Gasteiger partial charge in [-0.05, 0) is 24.0 Å².